The van der Waals surface area contributed by atoms with Gasteiger partial charge in [0.25, 0.3) is 0 Å². The minimum Gasteiger partial charge on any atom is -0.462 e. The predicted molar refractivity (Wildman–Crippen MR) is 71.2 cm³/mol. The van der Waals surface area contributed by atoms with Crippen LogP contribution in [0.15, 0.2) is 0 Å². The molecule has 0 saturated carbocycles. The summed E-state index contributed by atoms with van der Waals surface area (Å²) in [5.74, 6) is -0.378. The van der Waals surface area contributed by atoms with E-state index < -0.39 is 0 Å². The number of nitrogens with one attached hydrogen (secondary N) is 1. The number of hydrogen-bond donors (Lipinski definition) is 1. The van der Waals surface area contributed by atoms with Gasteiger partial charge in [0.15, 0.2) is 0 Å². The van der Waals surface area contributed by atoms with Gasteiger partial charge in [-0.15, -0.1) is 0 Å². The largest absolute Gasteiger partial charge is 0.462 e. The highest BCUT2D eigenvalue weighted by Gasteiger charge is 2.18. The van der Waals surface area contributed by atoms with Crippen molar-refractivity contribution in [1.29, 1.82) is 0 Å². The van der Waals surface area contributed by atoms with Gasteiger partial charge in [0, 0.05) is 5.54 Å². The van der Waals surface area contributed by atoms with Crippen LogP contribution in [0.4, 0.5) is 0 Å². The van der Waals surface area contributed by atoms with Gasteiger partial charge >= 0.3 is 5.97 Å². The first-order valence-electron chi connectivity index (χ1n) is 6.37. The first kappa shape index (κ1) is 16.9. The Morgan fingerprint density at radius 2 is 1.78 bits per heavy atom. The Morgan fingerprint density at radius 3 is 2.17 bits per heavy atom. The molecule has 1 amide bonds. The van der Waals surface area contributed by atoms with Gasteiger partial charge in [-0.3, -0.25) is 14.5 Å². The van der Waals surface area contributed by atoms with E-state index in [1.165, 1.54) is 0 Å². The molecule has 0 aromatic rings. The van der Waals surface area contributed by atoms with Crippen LogP contribution in [0.5, 0.6) is 0 Å². The quantitative estimate of drug-likeness (QED) is 0.727. The Kier molecular flexibility index (Phi) is 6.91. The van der Waals surface area contributed by atoms with E-state index >= 15 is 0 Å². The second kappa shape index (κ2) is 7.36. The molecule has 0 heterocycles. The third kappa shape index (κ3) is 8.98. The van der Waals surface area contributed by atoms with E-state index in [0.717, 1.165) is 0 Å². The highest BCUT2D eigenvalue weighted by atomic mass is 16.5. The molecule has 5 heteroatoms. The topological polar surface area (TPSA) is 58.6 Å². The Bertz CT molecular complexity index is 282. The fourth-order valence-corrected chi connectivity index (χ4v) is 1.42. The van der Waals surface area contributed by atoms with E-state index in [4.69, 9.17) is 4.74 Å². The first-order valence-corrected chi connectivity index (χ1v) is 6.37. The number of rotatable bonds is 6. The van der Waals surface area contributed by atoms with Crippen molar-refractivity contribution in [2.45, 2.75) is 53.2 Å². The van der Waals surface area contributed by atoms with E-state index in [0.29, 0.717) is 6.54 Å². The van der Waals surface area contributed by atoms with Crippen LogP contribution >= 0.6 is 0 Å². The maximum absolute atomic E-state index is 11.7. The molecule has 0 radical (unpaired) electrons. The highest BCUT2D eigenvalue weighted by Crippen LogP contribution is 1.99. The molecule has 0 atom stereocenters. The molecule has 0 aromatic carbocycles. The molecule has 106 valence electrons. The second-order valence-corrected chi connectivity index (χ2v) is 5.64. The monoisotopic (exact) mass is 258 g/mol. The smallest absolute Gasteiger partial charge is 0.320 e. The van der Waals surface area contributed by atoms with Crippen molar-refractivity contribution in [3.63, 3.8) is 0 Å². The molecule has 1 N–H and O–H groups in total. The Balaban J connectivity index is 4.19. The Hall–Kier alpha value is -1.10. The Morgan fingerprint density at radius 1 is 1.22 bits per heavy atom. The maximum atomic E-state index is 11.7. The molecule has 0 spiro atoms. The third-order valence-electron chi connectivity index (χ3n) is 2.05. The molecule has 0 aliphatic heterocycles. The number of esters is 1. The van der Waals surface area contributed by atoms with Crippen LogP contribution in [0.25, 0.3) is 0 Å². The zero-order valence-corrected chi connectivity index (χ0v) is 12.4. The van der Waals surface area contributed by atoms with E-state index in [1.54, 1.807) is 18.7 Å². The van der Waals surface area contributed by atoms with E-state index in [1.807, 2.05) is 27.7 Å². The van der Waals surface area contributed by atoms with E-state index in [9.17, 15) is 9.59 Å². The average Bonchev–Trinajstić information content (AvgIpc) is 2.11. The van der Waals surface area contributed by atoms with Crippen LogP contribution in [0, 0.1) is 0 Å². The fraction of sp³-hybridized carbons (Fsp3) is 0.846. The SMILES string of the molecule is CCN(CC(=O)NC(C)(C)C)CC(=O)OC(C)C. The number of likely N-dealkylation sites (N-methyl/N-ethyl adjacent to an activating group) is 1. The van der Waals surface area contributed by atoms with Gasteiger partial charge in [0.1, 0.15) is 0 Å². The van der Waals surface area contributed by atoms with Crippen molar-refractivity contribution in [1.82, 2.24) is 10.2 Å². The molecule has 0 aliphatic carbocycles. The molecule has 0 bridgehead atoms. The predicted octanol–water partition coefficient (Wildman–Crippen LogP) is 1.17. The first-order chi connectivity index (χ1) is 8.14. The van der Waals surface area contributed by atoms with Gasteiger partial charge in [-0.2, -0.15) is 0 Å². The van der Waals surface area contributed by atoms with Gasteiger partial charge in [-0.25, -0.2) is 0 Å². The summed E-state index contributed by atoms with van der Waals surface area (Å²) in [4.78, 5) is 25.0. The third-order valence-corrected chi connectivity index (χ3v) is 2.05. The van der Waals surface area contributed by atoms with E-state index in [2.05, 4.69) is 5.32 Å². The lowest BCUT2D eigenvalue weighted by Crippen LogP contribution is -2.47. The number of ether oxygens (including phenoxy) is 1. The number of amides is 1. The van der Waals surface area contributed by atoms with Crippen LogP contribution in [0.1, 0.15) is 41.5 Å². The molecule has 0 aliphatic rings. The van der Waals surface area contributed by atoms with Crippen molar-refractivity contribution < 1.29 is 14.3 Å². The normalized spacial score (nSPS) is 11.8. The molecule has 0 rings (SSSR count). The number of carbonyl (C=O) groups excluding carboxylic acids is 2. The number of nitrogens with zero attached hydrogens (tertiary/aromatic N) is 1. The summed E-state index contributed by atoms with van der Waals surface area (Å²) >= 11 is 0. The lowest BCUT2D eigenvalue weighted by molar-refractivity contribution is -0.148. The maximum Gasteiger partial charge on any atom is 0.320 e. The fourth-order valence-electron chi connectivity index (χ4n) is 1.42. The summed E-state index contributed by atoms with van der Waals surface area (Å²) in [6.45, 7) is 12.3. The standard InChI is InChI=1S/C13H26N2O3/c1-7-15(9-12(17)18-10(2)3)8-11(16)14-13(4,5)6/h10H,7-9H2,1-6H3,(H,14,16). The van der Waals surface area contributed by atoms with Crippen LogP contribution in [-0.4, -0.2) is 48.1 Å². The lowest BCUT2D eigenvalue weighted by atomic mass is 10.1. The molecular weight excluding hydrogens is 232 g/mol. The molecule has 5 nitrogen and oxygen atoms in total. The van der Waals surface area contributed by atoms with Crippen LogP contribution < -0.4 is 5.32 Å². The molecule has 18 heavy (non-hydrogen) atoms. The van der Waals surface area contributed by atoms with Gasteiger partial charge in [-0.05, 0) is 41.2 Å². The van der Waals surface area contributed by atoms with Gasteiger partial charge in [0.2, 0.25) is 5.91 Å². The Labute approximate surface area is 110 Å². The molecule has 0 unspecified atom stereocenters. The zero-order valence-electron chi connectivity index (χ0n) is 12.4. The van der Waals surface area contributed by atoms with E-state index in [-0.39, 0.29) is 36.6 Å². The van der Waals surface area contributed by atoms with Crippen molar-refractivity contribution in [3.8, 4) is 0 Å². The van der Waals surface area contributed by atoms with Crippen molar-refractivity contribution in [3.05, 3.63) is 0 Å². The molecule has 0 saturated heterocycles. The van der Waals surface area contributed by atoms with Crippen molar-refractivity contribution in [2.24, 2.45) is 0 Å². The zero-order chi connectivity index (χ0) is 14.3. The van der Waals surface area contributed by atoms with Crippen LogP contribution in [0.3, 0.4) is 0 Å². The van der Waals surface area contributed by atoms with Crippen molar-refractivity contribution >= 4 is 11.9 Å². The second-order valence-electron chi connectivity index (χ2n) is 5.64. The molecule has 0 aromatic heterocycles. The lowest BCUT2D eigenvalue weighted by Gasteiger charge is -2.24. The van der Waals surface area contributed by atoms with Gasteiger partial charge in [0.05, 0.1) is 19.2 Å². The summed E-state index contributed by atoms with van der Waals surface area (Å²) in [5, 5.41) is 2.87. The summed E-state index contributed by atoms with van der Waals surface area (Å²) in [6, 6.07) is 0. The summed E-state index contributed by atoms with van der Waals surface area (Å²) in [7, 11) is 0. The summed E-state index contributed by atoms with van der Waals surface area (Å²) in [5.41, 5.74) is -0.255. The van der Waals surface area contributed by atoms with Crippen molar-refractivity contribution in [2.75, 3.05) is 19.6 Å². The summed E-state index contributed by atoms with van der Waals surface area (Å²) in [6.07, 6.45) is -0.125. The molecule has 0 fully saturated rings. The van der Waals surface area contributed by atoms with Crippen LogP contribution in [-0.2, 0) is 14.3 Å². The molecular formula is C13H26N2O3. The number of carbonyl (C=O) groups is 2. The average molecular weight is 258 g/mol. The minimum atomic E-state index is -0.296. The highest BCUT2D eigenvalue weighted by molar-refractivity contribution is 5.79. The van der Waals surface area contributed by atoms with Gasteiger partial charge in [-0.1, -0.05) is 6.92 Å². The summed E-state index contributed by atoms with van der Waals surface area (Å²) < 4.78 is 5.05. The van der Waals surface area contributed by atoms with Crippen LogP contribution in [0.2, 0.25) is 0 Å². The number of hydrogen-bond acceptors (Lipinski definition) is 4. The minimum absolute atomic E-state index is 0.0818. The van der Waals surface area contributed by atoms with Gasteiger partial charge < -0.3 is 10.1 Å².